The molecule has 0 radical (unpaired) electrons. The number of nitrogens with zero attached hydrogens (tertiary/aromatic N) is 1. The fourth-order valence-corrected chi connectivity index (χ4v) is 5.12. The maximum absolute atomic E-state index is 12.6. The van der Waals surface area contributed by atoms with E-state index in [9.17, 15) is 9.59 Å². The number of hydrogen-bond acceptors (Lipinski definition) is 6. The van der Waals surface area contributed by atoms with Crippen LogP contribution in [0.1, 0.15) is 47.7 Å². The normalized spacial score (nSPS) is 14.5. The Morgan fingerprint density at radius 1 is 1.12 bits per heavy atom. The maximum Gasteiger partial charge on any atom is 0.263 e. The Hall–Kier alpha value is -2.81. The van der Waals surface area contributed by atoms with Gasteiger partial charge in [0.1, 0.15) is 4.32 Å². The van der Waals surface area contributed by atoms with E-state index < -0.39 is 0 Å². The molecule has 3 aromatic rings. The van der Waals surface area contributed by atoms with Gasteiger partial charge in [-0.2, -0.15) is 0 Å². The van der Waals surface area contributed by atoms with Crippen LogP contribution in [-0.4, -0.2) is 21.1 Å². The minimum absolute atomic E-state index is 0.197. The van der Waals surface area contributed by atoms with E-state index >= 15 is 0 Å². The van der Waals surface area contributed by atoms with Gasteiger partial charge in [0.15, 0.2) is 5.13 Å². The van der Waals surface area contributed by atoms with Crippen molar-refractivity contribution in [2.75, 3.05) is 5.32 Å². The highest BCUT2D eigenvalue weighted by molar-refractivity contribution is 8.26. The monoisotopic (exact) mass is 493 g/mol. The summed E-state index contributed by atoms with van der Waals surface area (Å²) in [4.78, 5) is 29.5. The molecule has 0 bridgehead atoms. The number of carbonyl (C=O) groups is 2. The number of benzene rings is 2. The second-order valence-electron chi connectivity index (χ2n) is 7.62. The quantitative estimate of drug-likeness (QED) is 0.219. The molecule has 33 heavy (non-hydrogen) atoms. The van der Waals surface area contributed by atoms with Crippen LogP contribution in [0.2, 0.25) is 0 Å². The van der Waals surface area contributed by atoms with Gasteiger partial charge in [-0.1, -0.05) is 80.1 Å². The van der Waals surface area contributed by atoms with Crippen LogP contribution < -0.4 is 10.6 Å². The average Bonchev–Trinajstić information content (AvgIpc) is 3.40. The molecule has 1 aliphatic rings. The number of nitrogens with one attached hydrogen (secondary N) is 2. The summed E-state index contributed by atoms with van der Waals surface area (Å²) in [5, 5.41) is 7.96. The van der Waals surface area contributed by atoms with Crippen LogP contribution in [0.15, 0.2) is 58.8 Å². The molecule has 0 spiro atoms. The number of aryl methyl sites for hydroxylation is 1. The highest BCUT2D eigenvalue weighted by Gasteiger charge is 2.21. The Bertz CT molecular complexity index is 1200. The number of anilines is 1. The smallest absolute Gasteiger partial charge is 0.263 e. The summed E-state index contributed by atoms with van der Waals surface area (Å²) in [6.45, 7) is 2.21. The topological polar surface area (TPSA) is 71.1 Å². The van der Waals surface area contributed by atoms with Gasteiger partial charge in [-0.15, -0.1) is 11.3 Å². The fourth-order valence-electron chi connectivity index (χ4n) is 3.36. The Labute approximate surface area is 206 Å². The lowest BCUT2D eigenvalue weighted by Gasteiger charge is -2.03. The molecule has 0 unspecified atom stereocenters. The van der Waals surface area contributed by atoms with Crippen molar-refractivity contribution in [3.63, 3.8) is 0 Å². The summed E-state index contributed by atoms with van der Waals surface area (Å²) in [5.41, 5.74) is 4.57. The molecule has 168 valence electrons. The number of thioether (sulfide) groups is 1. The van der Waals surface area contributed by atoms with Crippen LogP contribution in [0, 0.1) is 0 Å². The third-order valence-corrected chi connectivity index (χ3v) is 7.08. The number of thiazole rings is 1. The lowest BCUT2D eigenvalue weighted by molar-refractivity contribution is -0.115. The molecule has 5 nitrogen and oxygen atoms in total. The first-order chi connectivity index (χ1) is 16.0. The lowest BCUT2D eigenvalue weighted by atomic mass is 10.0. The van der Waals surface area contributed by atoms with Crippen molar-refractivity contribution in [2.24, 2.45) is 0 Å². The van der Waals surface area contributed by atoms with E-state index in [-0.39, 0.29) is 11.8 Å². The second kappa shape index (κ2) is 10.9. The summed E-state index contributed by atoms with van der Waals surface area (Å²) >= 11 is 7.63. The fraction of sp³-hybridized carbons (Fsp3) is 0.200. The maximum atomic E-state index is 12.6. The summed E-state index contributed by atoms with van der Waals surface area (Å²) in [6.07, 6.45) is 6.54. The Morgan fingerprint density at radius 3 is 2.55 bits per heavy atom. The van der Waals surface area contributed by atoms with Crippen molar-refractivity contribution in [2.45, 2.75) is 32.6 Å². The molecular weight excluding hydrogens is 470 g/mol. The Balaban J connectivity index is 1.37. The highest BCUT2D eigenvalue weighted by atomic mass is 32.2. The molecule has 0 aliphatic carbocycles. The van der Waals surface area contributed by atoms with Gasteiger partial charge < -0.3 is 5.32 Å². The minimum atomic E-state index is -0.226. The first-order valence-corrected chi connectivity index (χ1v) is 12.8. The van der Waals surface area contributed by atoms with E-state index in [1.54, 1.807) is 30.3 Å². The molecule has 1 aliphatic heterocycles. The first kappa shape index (κ1) is 23.4. The van der Waals surface area contributed by atoms with E-state index in [4.69, 9.17) is 12.2 Å². The Kier molecular flexibility index (Phi) is 7.69. The summed E-state index contributed by atoms with van der Waals surface area (Å²) in [6, 6.07) is 15.5. The van der Waals surface area contributed by atoms with Crippen molar-refractivity contribution < 1.29 is 9.59 Å². The van der Waals surface area contributed by atoms with E-state index in [0.29, 0.717) is 19.9 Å². The first-order valence-electron chi connectivity index (χ1n) is 10.7. The van der Waals surface area contributed by atoms with Crippen LogP contribution >= 0.6 is 35.3 Å². The zero-order valence-electron chi connectivity index (χ0n) is 18.1. The van der Waals surface area contributed by atoms with Crippen LogP contribution in [0.4, 0.5) is 5.13 Å². The third-order valence-electron chi connectivity index (χ3n) is 5.16. The van der Waals surface area contributed by atoms with E-state index in [0.717, 1.165) is 23.2 Å². The zero-order chi connectivity index (χ0) is 23.2. The van der Waals surface area contributed by atoms with Crippen molar-refractivity contribution in [1.29, 1.82) is 0 Å². The predicted molar refractivity (Wildman–Crippen MR) is 141 cm³/mol. The van der Waals surface area contributed by atoms with Crippen molar-refractivity contribution >= 4 is 62.7 Å². The van der Waals surface area contributed by atoms with Crippen LogP contribution in [-0.2, 0) is 11.2 Å². The van der Waals surface area contributed by atoms with Gasteiger partial charge >= 0.3 is 0 Å². The molecule has 1 aromatic heterocycles. The molecule has 1 saturated heterocycles. The van der Waals surface area contributed by atoms with Gasteiger partial charge in [-0.25, -0.2) is 4.98 Å². The van der Waals surface area contributed by atoms with Gasteiger partial charge in [-0.05, 0) is 42.2 Å². The van der Waals surface area contributed by atoms with E-state index in [2.05, 4.69) is 46.8 Å². The number of rotatable bonds is 8. The van der Waals surface area contributed by atoms with Crippen LogP contribution in [0.5, 0.6) is 0 Å². The number of carbonyl (C=O) groups excluding carboxylic acids is 2. The molecule has 2 amide bonds. The zero-order valence-corrected chi connectivity index (χ0v) is 20.5. The molecule has 2 aromatic carbocycles. The molecule has 2 heterocycles. The average molecular weight is 494 g/mol. The van der Waals surface area contributed by atoms with E-state index in [1.165, 1.54) is 47.9 Å². The number of hydrogen-bond donors (Lipinski definition) is 2. The minimum Gasteiger partial charge on any atom is -0.307 e. The second-order valence-corrected chi connectivity index (χ2v) is 10.2. The van der Waals surface area contributed by atoms with Gasteiger partial charge in [0.05, 0.1) is 10.6 Å². The highest BCUT2D eigenvalue weighted by Crippen LogP contribution is 2.27. The number of aromatic nitrogens is 1. The number of amides is 2. The standard InChI is InChI=1S/C25H23N3O2S3/c1-2-3-4-5-16-6-10-18(11-7-16)20-15-32-24(26-20)27-22(29)19-12-8-17(9-13-19)14-21-23(30)28-25(31)33-21/h6-15H,2-5H2,1H3,(H,26,27,29)(H,28,30,31)/b21-14-. The summed E-state index contributed by atoms with van der Waals surface area (Å²) < 4.78 is 0.452. The Morgan fingerprint density at radius 2 is 1.88 bits per heavy atom. The molecular formula is C25H23N3O2S3. The predicted octanol–water partition coefficient (Wildman–Crippen LogP) is 6.28. The number of thiocarbonyl (C=S) groups is 1. The van der Waals surface area contributed by atoms with Gasteiger partial charge in [0, 0.05) is 16.5 Å². The van der Waals surface area contributed by atoms with Crippen LogP contribution in [0.3, 0.4) is 0 Å². The largest absolute Gasteiger partial charge is 0.307 e. The molecule has 4 rings (SSSR count). The third kappa shape index (κ3) is 6.16. The number of unbranched alkanes of at least 4 members (excludes halogenated alkanes) is 2. The lowest BCUT2D eigenvalue weighted by Crippen LogP contribution is -2.17. The summed E-state index contributed by atoms with van der Waals surface area (Å²) in [5.74, 6) is -0.423. The summed E-state index contributed by atoms with van der Waals surface area (Å²) in [7, 11) is 0. The van der Waals surface area contributed by atoms with Crippen LogP contribution in [0.25, 0.3) is 17.3 Å². The molecule has 0 saturated carbocycles. The van der Waals surface area contributed by atoms with Gasteiger partial charge in [-0.3, -0.25) is 14.9 Å². The molecule has 2 N–H and O–H groups in total. The molecule has 1 fully saturated rings. The SMILES string of the molecule is CCCCCc1ccc(-c2csc(NC(=O)c3ccc(/C=C4\SC(=S)NC4=O)cc3)n2)cc1. The van der Waals surface area contributed by atoms with Gasteiger partial charge in [0.25, 0.3) is 11.8 Å². The van der Waals surface area contributed by atoms with Crippen molar-refractivity contribution in [1.82, 2.24) is 10.3 Å². The van der Waals surface area contributed by atoms with Crippen molar-refractivity contribution in [3.05, 3.63) is 75.5 Å². The molecule has 0 atom stereocenters. The van der Waals surface area contributed by atoms with Gasteiger partial charge in [0.2, 0.25) is 0 Å². The van der Waals surface area contributed by atoms with E-state index in [1.807, 2.05) is 5.38 Å². The molecule has 8 heteroatoms. The van der Waals surface area contributed by atoms with Crippen molar-refractivity contribution in [3.8, 4) is 11.3 Å².